The largest absolute Gasteiger partial charge is 0.396 e. The lowest BCUT2D eigenvalue weighted by atomic mass is 10.1. The zero-order valence-corrected chi connectivity index (χ0v) is 9.93. The van der Waals surface area contributed by atoms with Crippen molar-refractivity contribution in [1.29, 1.82) is 0 Å². The van der Waals surface area contributed by atoms with Crippen molar-refractivity contribution in [2.45, 2.75) is 19.3 Å². The number of unbranched alkanes of at least 4 members (excludes halogenated alkanes) is 1. The Hall–Kier alpha value is -0.900. The highest BCUT2D eigenvalue weighted by Gasteiger charge is 1.89. The summed E-state index contributed by atoms with van der Waals surface area (Å²) < 4.78 is 4.44. The molecule has 1 rings (SSSR count). The maximum absolute atomic E-state index is 8.54. The number of aliphatic hydroxyl groups is 2. The molecule has 3 nitrogen and oxygen atoms in total. The fraction of sp³-hybridized carbons (Fsp3) is 0.538. The molecule has 92 valence electrons. The van der Waals surface area contributed by atoms with Crippen LogP contribution < -0.4 is 0 Å². The molecule has 0 bridgehead atoms. The summed E-state index contributed by atoms with van der Waals surface area (Å²) >= 11 is 0. The molecule has 1 aromatic rings. The number of methoxy groups -OCH3 is 1. The fourth-order valence-corrected chi connectivity index (χ4v) is 1.18. The minimum atomic E-state index is 0.122. The number of benzene rings is 1. The van der Waals surface area contributed by atoms with Gasteiger partial charge in [-0.25, -0.2) is 0 Å². The molecule has 0 radical (unpaired) electrons. The van der Waals surface area contributed by atoms with Gasteiger partial charge in [0.05, 0.1) is 13.2 Å². The van der Waals surface area contributed by atoms with Gasteiger partial charge in [0, 0.05) is 13.7 Å². The van der Waals surface area contributed by atoms with E-state index in [-0.39, 0.29) is 6.61 Å². The highest BCUT2D eigenvalue weighted by atomic mass is 16.5. The minimum absolute atomic E-state index is 0.122. The van der Waals surface area contributed by atoms with Crippen molar-refractivity contribution >= 4 is 0 Å². The number of hydrogen-bond donors (Lipinski definition) is 2. The Morgan fingerprint density at radius 1 is 1.00 bits per heavy atom. The molecule has 0 fully saturated rings. The van der Waals surface area contributed by atoms with Gasteiger partial charge in [-0.1, -0.05) is 30.3 Å². The summed E-state index contributed by atoms with van der Waals surface area (Å²) in [6, 6.07) is 10.4. The number of aliphatic hydroxyl groups excluding tert-OH is 2. The summed E-state index contributed by atoms with van der Waals surface area (Å²) in [6.45, 7) is 0.878. The van der Waals surface area contributed by atoms with Gasteiger partial charge in [-0.15, -0.1) is 0 Å². The van der Waals surface area contributed by atoms with E-state index in [0.717, 1.165) is 19.3 Å². The van der Waals surface area contributed by atoms with Gasteiger partial charge in [-0.05, 0) is 24.8 Å². The summed E-state index contributed by atoms with van der Waals surface area (Å²) in [6.07, 6.45) is 3.08. The fourth-order valence-electron chi connectivity index (χ4n) is 1.18. The van der Waals surface area contributed by atoms with Gasteiger partial charge in [0.1, 0.15) is 0 Å². The summed E-state index contributed by atoms with van der Waals surface area (Å²) in [7, 11) is 1.55. The Balaban J connectivity index is 0.000000385. The summed E-state index contributed by atoms with van der Waals surface area (Å²) in [5.41, 5.74) is 1.36. The maximum Gasteiger partial charge on any atom is 0.0693 e. The number of rotatable bonds is 6. The van der Waals surface area contributed by atoms with Crippen LogP contribution in [0.15, 0.2) is 30.3 Å². The molecule has 16 heavy (non-hydrogen) atoms. The third kappa shape index (κ3) is 9.65. The molecule has 1 aromatic carbocycles. The standard InChI is InChI=1S/C10H14O.C3H8O2/c11-9-5-4-8-10-6-2-1-3-7-10;1-5-3-2-4/h1-3,6-7,11H,4-5,8-9H2;4H,2-3H2,1H3. The SMILES string of the molecule is COCCO.OCCCCc1ccccc1. The zero-order valence-electron chi connectivity index (χ0n) is 9.93. The highest BCUT2D eigenvalue weighted by molar-refractivity contribution is 5.14. The van der Waals surface area contributed by atoms with Crippen LogP contribution in [0.25, 0.3) is 0 Å². The van der Waals surface area contributed by atoms with E-state index in [2.05, 4.69) is 16.9 Å². The number of hydrogen-bond acceptors (Lipinski definition) is 3. The average molecular weight is 226 g/mol. The van der Waals surface area contributed by atoms with Crippen LogP contribution >= 0.6 is 0 Å². The summed E-state index contributed by atoms with van der Waals surface area (Å²) in [5.74, 6) is 0. The van der Waals surface area contributed by atoms with Gasteiger partial charge in [0.25, 0.3) is 0 Å². The Labute approximate surface area is 97.7 Å². The summed E-state index contributed by atoms with van der Waals surface area (Å²) in [4.78, 5) is 0. The van der Waals surface area contributed by atoms with Gasteiger partial charge in [-0.2, -0.15) is 0 Å². The molecule has 3 heteroatoms. The van der Waals surface area contributed by atoms with Gasteiger partial charge in [0.2, 0.25) is 0 Å². The van der Waals surface area contributed by atoms with Crippen molar-refractivity contribution in [3.63, 3.8) is 0 Å². The molecule has 0 aliphatic heterocycles. The number of aryl methyl sites for hydroxylation is 1. The van der Waals surface area contributed by atoms with E-state index < -0.39 is 0 Å². The smallest absolute Gasteiger partial charge is 0.0693 e. The third-order valence-corrected chi connectivity index (χ3v) is 2.01. The molecule has 2 N–H and O–H groups in total. The molecule has 0 unspecified atom stereocenters. The van der Waals surface area contributed by atoms with E-state index in [1.165, 1.54) is 5.56 Å². The van der Waals surface area contributed by atoms with E-state index >= 15 is 0 Å². The second-order valence-electron chi connectivity index (χ2n) is 3.38. The maximum atomic E-state index is 8.54. The van der Waals surface area contributed by atoms with E-state index in [1.54, 1.807) is 7.11 Å². The van der Waals surface area contributed by atoms with Crippen molar-refractivity contribution in [2.75, 3.05) is 26.9 Å². The first-order valence-corrected chi connectivity index (χ1v) is 5.59. The second-order valence-corrected chi connectivity index (χ2v) is 3.38. The van der Waals surface area contributed by atoms with E-state index in [0.29, 0.717) is 13.2 Å². The Kier molecular flexibility index (Phi) is 11.5. The highest BCUT2D eigenvalue weighted by Crippen LogP contribution is 2.03. The Morgan fingerprint density at radius 2 is 1.69 bits per heavy atom. The van der Waals surface area contributed by atoms with Crippen LogP contribution in [0.2, 0.25) is 0 Å². The first-order valence-electron chi connectivity index (χ1n) is 5.59. The molecular weight excluding hydrogens is 204 g/mol. The lowest BCUT2D eigenvalue weighted by Gasteiger charge is -1.97. The van der Waals surface area contributed by atoms with Crippen molar-refractivity contribution in [3.8, 4) is 0 Å². The van der Waals surface area contributed by atoms with Crippen LogP contribution in [0.4, 0.5) is 0 Å². The van der Waals surface area contributed by atoms with Crippen molar-refractivity contribution in [1.82, 2.24) is 0 Å². The molecular formula is C13H22O3. The van der Waals surface area contributed by atoms with Crippen molar-refractivity contribution in [2.24, 2.45) is 0 Å². The molecule has 0 aliphatic carbocycles. The van der Waals surface area contributed by atoms with Crippen LogP contribution in [-0.2, 0) is 11.2 Å². The second kappa shape index (κ2) is 12.2. The molecule has 0 aliphatic rings. The molecule has 0 heterocycles. The molecule has 0 aromatic heterocycles. The molecule has 0 amide bonds. The molecule has 0 saturated carbocycles. The monoisotopic (exact) mass is 226 g/mol. The van der Waals surface area contributed by atoms with Crippen LogP contribution in [0.5, 0.6) is 0 Å². The lowest BCUT2D eigenvalue weighted by molar-refractivity contribution is 0.135. The zero-order chi connectivity index (χ0) is 12.1. The average Bonchev–Trinajstić information content (AvgIpc) is 2.33. The van der Waals surface area contributed by atoms with Crippen LogP contribution in [0.1, 0.15) is 18.4 Å². The van der Waals surface area contributed by atoms with Crippen LogP contribution in [-0.4, -0.2) is 37.1 Å². The first kappa shape index (κ1) is 15.1. The Morgan fingerprint density at radius 3 is 2.12 bits per heavy atom. The van der Waals surface area contributed by atoms with E-state index in [1.807, 2.05) is 18.2 Å². The quantitative estimate of drug-likeness (QED) is 0.725. The topological polar surface area (TPSA) is 49.7 Å². The molecule has 0 spiro atoms. The van der Waals surface area contributed by atoms with Gasteiger partial charge >= 0.3 is 0 Å². The third-order valence-electron chi connectivity index (χ3n) is 2.01. The normalized spacial score (nSPS) is 9.44. The Bertz CT molecular complexity index is 222. The number of ether oxygens (including phenoxy) is 1. The lowest BCUT2D eigenvalue weighted by Crippen LogP contribution is -1.91. The van der Waals surface area contributed by atoms with Gasteiger partial charge in [-0.3, -0.25) is 0 Å². The van der Waals surface area contributed by atoms with Gasteiger partial charge in [0.15, 0.2) is 0 Å². The van der Waals surface area contributed by atoms with Crippen LogP contribution in [0.3, 0.4) is 0 Å². The van der Waals surface area contributed by atoms with Gasteiger partial charge < -0.3 is 14.9 Å². The van der Waals surface area contributed by atoms with Crippen molar-refractivity contribution in [3.05, 3.63) is 35.9 Å². The predicted molar refractivity (Wildman–Crippen MR) is 65.4 cm³/mol. The predicted octanol–water partition coefficient (Wildman–Crippen LogP) is 1.63. The van der Waals surface area contributed by atoms with E-state index in [9.17, 15) is 0 Å². The summed E-state index contributed by atoms with van der Waals surface area (Å²) in [5, 5.41) is 16.5. The van der Waals surface area contributed by atoms with Crippen molar-refractivity contribution < 1.29 is 14.9 Å². The van der Waals surface area contributed by atoms with Crippen LogP contribution in [0, 0.1) is 0 Å². The van der Waals surface area contributed by atoms with E-state index in [4.69, 9.17) is 10.2 Å². The molecule has 0 saturated heterocycles. The molecule has 0 atom stereocenters. The minimum Gasteiger partial charge on any atom is -0.396 e. The first-order chi connectivity index (χ1) is 7.85.